The summed E-state index contributed by atoms with van der Waals surface area (Å²) in [5, 5.41) is 9.96. The number of hydrogen-bond acceptors (Lipinski definition) is 4. The van der Waals surface area contributed by atoms with Crippen LogP contribution >= 0.6 is 0 Å². The van der Waals surface area contributed by atoms with Gasteiger partial charge in [0.2, 0.25) is 0 Å². The van der Waals surface area contributed by atoms with Crippen LogP contribution in [0.4, 0.5) is 10.6 Å². The molecule has 0 fully saturated rings. The number of anilines is 1. The summed E-state index contributed by atoms with van der Waals surface area (Å²) >= 11 is 0. The lowest BCUT2D eigenvalue weighted by atomic mass is 10.2. The van der Waals surface area contributed by atoms with Crippen molar-refractivity contribution in [2.24, 2.45) is 0 Å². The molecule has 0 spiro atoms. The van der Waals surface area contributed by atoms with Crippen LogP contribution in [0.15, 0.2) is 60.8 Å². The molecule has 3 aromatic rings. The first-order chi connectivity index (χ1) is 12.3. The van der Waals surface area contributed by atoms with Gasteiger partial charge in [-0.05, 0) is 30.3 Å². The van der Waals surface area contributed by atoms with Gasteiger partial charge < -0.3 is 16.0 Å². The minimum atomic E-state index is -0.177. The standard InChI is InChI=1S/C19H21N5O/c25-19(22-12-10-16-6-3-4-11-20-16)23-14-13-21-18-9-8-15-5-1-2-7-17(15)24-18/h1-9,11H,10,12-14H2,(H,21,24)(H2,22,23,25). The van der Waals surface area contributed by atoms with E-state index in [9.17, 15) is 4.79 Å². The molecule has 0 aliphatic rings. The number of nitrogens with zero attached hydrogens (tertiary/aromatic N) is 2. The van der Waals surface area contributed by atoms with Crippen LogP contribution < -0.4 is 16.0 Å². The molecule has 0 unspecified atom stereocenters. The van der Waals surface area contributed by atoms with Crippen LogP contribution in [0.3, 0.4) is 0 Å². The summed E-state index contributed by atoms with van der Waals surface area (Å²) in [5.41, 5.74) is 1.92. The third-order valence-electron chi connectivity index (χ3n) is 3.71. The predicted molar refractivity (Wildman–Crippen MR) is 99.6 cm³/mol. The second-order valence-electron chi connectivity index (χ2n) is 5.57. The molecule has 3 rings (SSSR count). The van der Waals surface area contributed by atoms with Gasteiger partial charge in [-0.25, -0.2) is 9.78 Å². The number of urea groups is 1. The molecule has 2 heterocycles. The van der Waals surface area contributed by atoms with E-state index < -0.39 is 0 Å². The number of para-hydroxylation sites is 1. The van der Waals surface area contributed by atoms with Crippen LogP contribution in [-0.4, -0.2) is 35.6 Å². The van der Waals surface area contributed by atoms with E-state index in [0.29, 0.717) is 26.1 Å². The Morgan fingerprint density at radius 3 is 2.60 bits per heavy atom. The molecule has 6 heteroatoms. The lowest BCUT2D eigenvalue weighted by molar-refractivity contribution is 0.241. The van der Waals surface area contributed by atoms with Gasteiger partial charge in [0.25, 0.3) is 0 Å². The molecule has 6 nitrogen and oxygen atoms in total. The zero-order valence-electron chi connectivity index (χ0n) is 13.9. The van der Waals surface area contributed by atoms with E-state index in [2.05, 4.69) is 25.9 Å². The Bertz CT molecular complexity index is 822. The van der Waals surface area contributed by atoms with Gasteiger partial charge in [0.1, 0.15) is 5.82 Å². The molecule has 0 saturated heterocycles. The van der Waals surface area contributed by atoms with Crippen molar-refractivity contribution in [3.63, 3.8) is 0 Å². The molecule has 0 saturated carbocycles. The highest BCUT2D eigenvalue weighted by Crippen LogP contribution is 2.13. The number of carbonyl (C=O) groups excluding carboxylic acids is 1. The third-order valence-corrected chi connectivity index (χ3v) is 3.71. The number of nitrogens with one attached hydrogen (secondary N) is 3. The second-order valence-corrected chi connectivity index (χ2v) is 5.57. The number of rotatable bonds is 7. The highest BCUT2D eigenvalue weighted by Gasteiger charge is 2.01. The number of hydrogen-bond donors (Lipinski definition) is 3. The summed E-state index contributed by atoms with van der Waals surface area (Å²) in [7, 11) is 0. The van der Waals surface area contributed by atoms with Crippen molar-refractivity contribution >= 4 is 22.8 Å². The van der Waals surface area contributed by atoms with Crippen molar-refractivity contribution in [2.45, 2.75) is 6.42 Å². The monoisotopic (exact) mass is 335 g/mol. The zero-order chi connectivity index (χ0) is 17.3. The molecule has 1 aromatic carbocycles. The maximum atomic E-state index is 11.7. The van der Waals surface area contributed by atoms with Gasteiger partial charge in [0.15, 0.2) is 0 Å². The molecule has 2 aromatic heterocycles. The van der Waals surface area contributed by atoms with Crippen molar-refractivity contribution in [3.8, 4) is 0 Å². The normalized spacial score (nSPS) is 10.4. The fraction of sp³-hybridized carbons (Fsp3) is 0.211. The smallest absolute Gasteiger partial charge is 0.314 e. The lowest BCUT2D eigenvalue weighted by Gasteiger charge is -2.09. The maximum Gasteiger partial charge on any atom is 0.314 e. The van der Waals surface area contributed by atoms with Crippen molar-refractivity contribution < 1.29 is 4.79 Å². The average molecular weight is 335 g/mol. The van der Waals surface area contributed by atoms with E-state index in [4.69, 9.17) is 0 Å². The first-order valence-electron chi connectivity index (χ1n) is 8.32. The Hall–Kier alpha value is -3.15. The highest BCUT2D eigenvalue weighted by molar-refractivity contribution is 5.80. The summed E-state index contributed by atoms with van der Waals surface area (Å²) in [6.45, 7) is 1.69. The van der Waals surface area contributed by atoms with Crippen LogP contribution in [0.25, 0.3) is 10.9 Å². The van der Waals surface area contributed by atoms with E-state index in [-0.39, 0.29) is 6.03 Å². The minimum absolute atomic E-state index is 0.177. The van der Waals surface area contributed by atoms with Gasteiger partial charge in [-0.15, -0.1) is 0 Å². The van der Waals surface area contributed by atoms with E-state index in [1.54, 1.807) is 6.20 Å². The molecule has 3 N–H and O–H groups in total. The van der Waals surface area contributed by atoms with Crippen molar-refractivity contribution in [1.29, 1.82) is 0 Å². The summed E-state index contributed by atoms with van der Waals surface area (Å²) in [5.74, 6) is 0.802. The van der Waals surface area contributed by atoms with Gasteiger partial charge in [-0.2, -0.15) is 0 Å². The molecule has 0 atom stereocenters. The number of carbonyl (C=O) groups is 1. The van der Waals surface area contributed by atoms with Crippen LogP contribution in [0.5, 0.6) is 0 Å². The molecule has 128 valence electrons. The Morgan fingerprint density at radius 1 is 0.880 bits per heavy atom. The molecule has 0 bridgehead atoms. The van der Waals surface area contributed by atoms with Crippen molar-refractivity contribution in [1.82, 2.24) is 20.6 Å². The van der Waals surface area contributed by atoms with E-state index in [1.165, 1.54) is 0 Å². The SMILES string of the molecule is O=C(NCCNc1ccc2ccccc2n1)NCCc1ccccn1. The summed E-state index contributed by atoms with van der Waals surface area (Å²) in [4.78, 5) is 20.5. The number of amides is 2. The highest BCUT2D eigenvalue weighted by atomic mass is 16.2. The molecule has 0 aliphatic heterocycles. The van der Waals surface area contributed by atoms with Crippen LogP contribution in [0.2, 0.25) is 0 Å². The maximum absolute atomic E-state index is 11.7. The molecular formula is C19H21N5O. The first-order valence-corrected chi connectivity index (χ1v) is 8.32. The molecular weight excluding hydrogens is 314 g/mol. The van der Waals surface area contributed by atoms with E-state index in [1.807, 2.05) is 54.6 Å². The van der Waals surface area contributed by atoms with Crippen LogP contribution in [0, 0.1) is 0 Å². The number of pyridine rings is 2. The van der Waals surface area contributed by atoms with E-state index >= 15 is 0 Å². The fourth-order valence-electron chi connectivity index (χ4n) is 2.44. The predicted octanol–water partition coefficient (Wildman–Crippen LogP) is 2.58. The lowest BCUT2D eigenvalue weighted by Crippen LogP contribution is -2.38. The summed E-state index contributed by atoms with van der Waals surface area (Å²) in [6, 6.07) is 17.5. The first kappa shape index (κ1) is 16.7. The quantitative estimate of drug-likeness (QED) is 0.580. The van der Waals surface area contributed by atoms with Gasteiger partial charge in [0.05, 0.1) is 5.52 Å². The largest absolute Gasteiger partial charge is 0.368 e. The number of fused-ring (bicyclic) bond motifs is 1. The van der Waals surface area contributed by atoms with Gasteiger partial charge in [0, 0.05) is 43.3 Å². The van der Waals surface area contributed by atoms with Gasteiger partial charge in [-0.1, -0.05) is 24.3 Å². The molecule has 25 heavy (non-hydrogen) atoms. The van der Waals surface area contributed by atoms with Gasteiger partial charge >= 0.3 is 6.03 Å². The van der Waals surface area contributed by atoms with Crippen molar-refractivity contribution in [2.75, 3.05) is 25.0 Å². The van der Waals surface area contributed by atoms with Crippen LogP contribution in [-0.2, 0) is 6.42 Å². The third kappa shape index (κ3) is 5.17. The minimum Gasteiger partial charge on any atom is -0.368 e. The summed E-state index contributed by atoms with van der Waals surface area (Å²) < 4.78 is 0. The Kier molecular flexibility index (Phi) is 5.77. The Morgan fingerprint density at radius 2 is 1.72 bits per heavy atom. The average Bonchev–Trinajstić information content (AvgIpc) is 2.66. The number of benzene rings is 1. The zero-order valence-corrected chi connectivity index (χ0v) is 13.9. The molecule has 2 amide bonds. The van der Waals surface area contributed by atoms with E-state index in [0.717, 1.165) is 22.4 Å². The number of aromatic nitrogens is 2. The Balaban J connectivity index is 1.34. The molecule has 0 aliphatic carbocycles. The van der Waals surface area contributed by atoms with Crippen molar-refractivity contribution in [3.05, 3.63) is 66.5 Å². The fourth-order valence-corrected chi connectivity index (χ4v) is 2.44. The Labute approximate surface area is 146 Å². The van der Waals surface area contributed by atoms with Crippen LogP contribution in [0.1, 0.15) is 5.69 Å². The van der Waals surface area contributed by atoms with Gasteiger partial charge in [-0.3, -0.25) is 4.98 Å². The topological polar surface area (TPSA) is 78.9 Å². The summed E-state index contributed by atoms with van der Waals surface area (Å²) in [6.07, 6.45) is 2.47. The second kappa shape index (κ2) is 8.63. The molecule has 0 radical (unpaired) electrons.